The predicted octanol–water partition coefficient (Wildman–Crippen LogP) is 3.34. The average molecular weight is 487 g/mol. The first-order valence-corrected chi connectivity index (χ1v) is 8.27. The third-order valence-corrected chi connectivity index (χ3v) is 3.60. The number of hydrogen-bond donors (Lipinski definition) is 2. The number of ether oxygens (including phenoxy) is 2. The maximum Gasteiger partial charge on any atom is 0.422 e. The lowest BCUT2D eigenvalue weighted by Crippen LogP contribution is -2.38. The van der Waals surface area contributed by atoms with Crippen LogP contribution < -0.4 is 15.4 Å². The highest BCUT2D eigenvalue weighted by Crippen LogP contribution is 2.28. The molecule has 1 aliphatic carbocycles. The second-order valence-corrected chi connectivity index (χ2v) is 5.92. The minimum Gasteiger partial charge on any atom is -0.484 e. The molecule has 0 amide bonds. The molecule has 9 heteroatoms. The molecule has 26 heavy (non-hydrogen) atoms. The van der Waals surface area contributed by atoms with Crippen molar-refractivity contribution in [3.8, 4) is 5.75 Å². The molecule has 0 bridgehead atoms. The molecule has 5 nitrogen and oxygen atoms in total. The predicted molar refractivity (Wildman–Crippen MR) is 105 cm³/mol. The molecule has 1 aromatic carbocycles. The molecule has 0 unspecified atom stereocenters. The molecule has 2 N–H and O–H groups in total. The summed E-state index contributed by atoms with van der Waals surface area (Å²) in [6.45, 7) is 1.33. The molecule has 2 rings (SSSR count). The third-order valence-electron chi connectivity index (χ3n) is 3.60. The van der Waals surface area contributed by atoms with Crippen molar-refractivity contribution in [2.24, 2.45) is 10.9 Å². The molecule has 1 aromatic rings. The Morgan fingerprint density at radius 3 is 2.46 bits per heavy atom. The number of benzene rings is 1. The topological polar surface area (TPSA) is 54.9 Å². The van der Waals surface area contributed by atoms with Crippen molar-refractivity contribution < 1.29 is 22.6 Å². The van der Waals surface area contributed by atoms with E-state index in [-0.39, 0.29) is 29.7 Å². The van der Waals surface area contributed by atoms with Crippen LogP contribution in [0.5, 0.6) is 5.75 Å². The van der Waals surface area contributed by atoms with Gasteiger partial charge in [0.2, 0.25) is 0 Å². The Hall–Kier alpha value is -1.23. The number of alkyl halides is 3. The minimum atomic E-state index is -4.33. The van der Waals surface area contributed by atoms with Gasteiger partial charge in [0.1, 0.15) is 5.75 Å². The van der Waals surface area contributed by atoms with Crippen molar-refractivity contribution in [2.45, 2.75) is 25.6 Å². The third kappa shape index (κ3) is 10.0. The Balaban J connectivity index is 0.00000338. The summed E-state index contributed by atoms with van der Waals surface area (Å²) in [6, 6.07) is 6.46. The molecule has 0 aliphatic heterocycles. The van der Waals surface area contributed by atoms with Crippen LogP contribution in [0.3, 0.4) is 0 Å². The molecular weight excluding hydrogens is 462 g/mol. The molecule has 0 atom stereocenters. The van der Waals surface area contributed by atoms with Gasteiger partial charge in [0, 0.05) is 26.7 Å². The lowest BCUT2D eigenvalue weighted by Gasteiger charge is -2.13. The Morgan fingerprint density at radius 2 is 1.88 bits per heavy atom. The molecule has 0 saturated heterocycles. The van der Waals surface area contributed by atoms with E-state index in [9.17, 15) is 13.2 Å². The Bertz CT molecular complexity index is 549. The zero-order chi connectivity index (χ0) is 18.1. The first-order chi connectivity index (χ1) is 12.0. The second kappa shape index (κ2) is 11.5. The van der Waals surface area contributed by atoms with E-state index in [1.54, 1.807) is 19.2 Å². The highest BCUT2D eigenvalue weighted by molar-refractivity contribution is 14.0. The van der Waals surface area contributed by atoms with Gasteiger partial charge in [-0.25, -0.2) is 0 Å². The summed E-state index contributed by atoms with van der Waals surface area (Å²) in [4.78, 5) is 4.11. The van der Waals surface area contributed by atoms with Gasteiger partial charge >= 0.3 is 6.18 Å². The van der Waals surface area contributed by atoms with Gasteiger partial charge in [-0.05, 0) is 36.5 Å². The summed E-state index contributed by atoms with van der Waals surface area (Å²) in [5, 5.41) is 6.28. The van der Waals surface area contributed by atoms with E-state index in [0.717, 1.165) is 18.1 Å². The van der Waals surface area contributed by atoms with Crippen molar-refractivity contribution in [1.29, 1.82) is 0 Å². The summed E-state index contributed by atoms with van der Waals surface area (Å²) < 4.78 is 46.5. The second-order valence-electron chi connectivity index (χ2n) is 5.92. The van der Waals surface area contributed by atoms with Gasteiger partial charge in [0.05, 0.1) is 6.61 Å². The first-order valence-electron chi connectivity index (χ1n) is 8.27. The van der Waals surface area contributed by atoms with Gasteiger partial charge in [0.15, 0.2) is 12.6 Å². The smallest absolute Gasteiger partial charge is 0.422 e. The SMILES string of the molecule is CN=C(NCCOCC1CC1)NCc1ccc(OCC(F)(F)F)cc1.I. The molecule has 1 fully saturated rings. The van der Waals surface area contributed by atoms with Crippen molar-refractivity contribution >= 4 is 29.9 Å². The Morgan fingerprint density at radius 1 is 1.19 bits per heavy atom. The monoisotopic (exact) mass is 487 g/mol. The van der Waals surface area contributed by atoms with Crippen LogP contribution in [0.1, 0.15) is 18.4 Å². The molecule has 148 valence electrons. The van der Waals surface area contributed by atoms with Gasteiger partial charge in [-0.15, -0.1) is 24.0 Å². The van der Waals surface area contributed by atoms with Crippen LogP contribution in [0.15, 0.2) is 29.3 Å². The van der Waals surface area contributed by atoms with Crippen LogP contribution in [0.2, 0.25) is 0 Å². The Labute approximate surface area is 168 Å². The maximum absolute atomic E-state index is 12.1. The molecule has 1 aliphatic rings. The van der Waals surface area contributed by atoms with Crippen LogP contribution in [0.25, 0.3) is 0 Å². The number of halogens is 4. The Kier molecular flexibility index (Phi) is 10.1. The lowest BCUT2D eigenvalue weighted by molar-refractivity contribution is -0.153. The summed E-state index contributed by atoms with van der Waals surface area (Å²) in [5.41, 5.74) is 0.910. The van der Waals surface area contributed by atoms with E-state index in [2.05, 4.69) is 20.4 Å². The molecule has 1 saturated carbocycles. The summed E-state index contributed by atoms with van der Waals surface area (Å²) in [6.07, 6.45) is -1.78. The number of hydrogen-bond acceptors (Lipinski definition) is 3. The van der Waals surface area contributed by atoms with Crippen molar-refractivity contribution in [3.63, 3.8) is 0 Å². The molecule has 0 aromatic heterocycles. The van der Waals surface area contributed by atoms with Gasteiger partial charge < -0.3 is 20.1 Å². The number of aliphatic imine (C=N–C) groups is 1. The minimum absolute atomic E-state index is 0. The summed E-state index contributed by atoms with van der Waals surface area (Å²) >= 11 is 0. The van der Waals surface area contributed by atoms with E-state index in [0.29, 0.717) is 25.7 Å². The highest BCUT2D eigenvalue weighted by Gasteiger charge is 2.28. The van der Waals surface area contributed by atoms with Crippen LogP contribution in [-0.2, 0) is 11.3 Å². The van der Waals surface area contributed by atoms with E-state index >= 15 is 0 Å². The largest absolute Gasteiger partial charge is 0.484 e. The van der Waals surface area contributed by atoms with Crippen LogP contribution in [-0.4, -0.2) is 45.5 Å². The summed E-state index contributed by atoms with van der Waals surface area (Å²) in [7, 11) is 1.68. The van der Waals surface area contributed by atoms with E-state index in [4.69, 9.17) is 4.74 Å². The lowest BCUT2D eigenvalue weighted by atomic mass is 10.2. The fourth-order valence-electron chi connectivity index (χ4n) is 2.05. The molecule has 0 radical (unpaired) electrons. The maximum atomic E-state index is 12.1. The number of nitrogens with one attached hydrogen (secondary N) is 2. The highest BCUT2D eigenvalue weighted by atomic mass is 127. The van der Waals surface area contributed by atoms with Gasteiger partial charge in [-0.1, -0.05) is 12.1 Å². The van der Waals surface area contributed by atoms with Crippen molar-refractivity contribution in [1.82, 2.24) is 10.6 Å². The van der Waals surface area contributed by atoms with Gasteiger partial charge in [-0.2, -0.15) is 13.2 Å². The zero-order valence-corrected chi connectivity index (χ0v) is 17.0. The fourth-order valence-corrected chi connectivity index (χ4v) is 2.05. The standard InChI is InChI=1S/C17H24F3N3O2.HI/c1-21-16(22-8-9-24-11-14-2-3-14)23-10-13-4-6-15(7-5-13)25-12-17(18,19)20;/h4-7,14H,2-3,8-12H2,1H3,(H2,21,22,23);1H. The molecule has 0 spiro atoms. The van der Waals surface area contributed by atoms with Crippen molar-refractivity contribution in [3.05, 3.63) is 29.8 Å². The first kappa shape index (κ1) is 22.8. The quantitative estimate of drug-likeness (QED) is 0.243. The van der Waals surface area contributed by atoms with Crippen LogP contribution in [0.4, 0.5) is 13.2 Å². The van der Waals surface area contributed by atoms with E-state index in [1.165, 1.54) is 25.0 Å². The van der Waals surface area contributed by atoms with E-state index < -0.39 is 12.8 Å². The van der Waals surface area contributed by atoms with E-state index in [1.807, 2.05) is 0 Å². The number of nitrogens with zero attached hydrogens (tertiary/aromatic N) is 1. The van der Waals surface area contributed by atoms with Crippen LogP contribution >= 0.6 is 24.0 Å². The normalized spacial score (nSPS) is 14.5. The zero-order valence-electron chi connectivity index (χ0n) is 14.6. The van der Waals surface area contributed by atoms with Gasteiger partial charge in [0.25, 0.3) is 0 Å². The van der Waals surface area contributed by atoms with Crippen LogP contribution in [0, 0.1) is 5.92 Å². The number of rotatable bonds is 9. The average Bonchev–Trinajstić information content (AvgIpc) is 3.40. The van der Waals surface area contributed by atoms with Gasteiger partial charge in [-0.3, -0.25) is 4.99 Å². The molecule has 0 heterocycles. The fraction of sp³-hybridized carbons (Fsp3) is 0.588. The number of guanidine groups is 1. The molecular formula is C17H25F3IN3O2. The summed E-state index contributed by atoms with van der Waals surface area (Å²) in [5.74, 6) is 1.59. The van der Waals surface area contributed by atoms with Crippen molar-refractivity contribution in [2.75, 3.05) is 33.4 Å².